The van der Waals surface area contributed by atoms with Crippen molar-refractivity contribution >= 4 is 11.4 Å². The summed E-state index contributed by atoms with van der Waals surface area (Å²) in [6.07, 6.45) is 0. The zero-order chi connectivity index (χ0) is 13.4. The lowest BCUT2D eigenvalue weighted by atomic mass is 10.2. The third kappa shape index (κ3) is 4.19. The average molecular weight is 256 g/mol. The van der Waals surface area contributed by atoms with E-state index in [1.807, 2.05) is 0 Å². The molecule has 0 heterocycles. The van der Waals surface area contributed by atoms with Gasteiger partial charge < -0.3 is 19.9 Å². The molecule has 1 rings (SSSR count). The summed E-state index contributed by atoms with van der Waals surface area (Å²) in [6, 6.07) is 4.52. The van der Waals surface area contributed by atoms with Gasteiger partial charge in [0, 0.05) is 13.7 Å². The molecule has 0 aliphatic heterocycles. The molecule has 0 amide bonds. The molecule has 100 valence electrons. The van der Waals surface area contributed by atoms with Crippen molar-refractivity contribution in [1.82, 2.24) is 0 Å². The summed E-state index contributed by atoms with van der Waals surface area (Å²) in [7, 11) is 1.55. The molecule has 0 radical (unpaired) electrons. The standard InChI is InChI=1S/C11H16N2O5/c1-17-6-7-18-9-2-3-10(12-4-5-14)11(8-9)13(15)16/h2-3,8,12,14H,4-7H2,1H3. The maximum absolute atomic E-state index is 10.9. The number of nitro benzene ring substituents is 1. The fraction of sp³-hybridized carbons (Fsp3) is 0.455. The molecule has 1 aromatic carbocycles. The Morgan fingerprint density at radius 2 is 2.22 bits per heavy atom. The van der Waals surface area contributed by atoms with E-state index < -0.39 is 4.92 Å². The van der Waals surface area contributed by atoms with Gasteiger partial charge in [0.15, 0.2) is 0 Å². The van der Waals surface area contributed by atoms with E-state index in [1.54, 1.807) is 19.2 Å². The van der Waals surface area contributed by atoms with E-state index >= 15 is 0 Å². The molecule has 0 saturated carbocycles. The maximum Gasteiger partial charge on any atom is 0.296 e. The number of aliphatic hydroxyl groups excluding tert-OH is 1. The van der Waals surface area contributed by atoms with Crippen LogP contribution in [0.15, 0.2) is 18.2 Å². The number of benzene rings is 1. The van der Waals surface area contributed by atoms with Gasteiger partial charge in [-0.05, 0) is 12.1 Å². The molecule has 0 unspecified atom stereocenters. The van der Waals surface area contributed by atoms with Gasteiger partial charge in [0.05, 0.1) is 24.2 Å². The zero-order valence-electron chi connectivity index (χ0n) is 10.1. The van der Waals surface area contributed by atoms with Crippen molar-refractivity contribution in [3.05, 3.63) is 28.3 Å². The molecular weight excluding hydrogens is 240 g/mol. The van der Waals surface area contributed by atoms with Gasteiger partial charge in [-0.15, -0.1) is 0 Å². The van der Waals surface area contributed by atoms with Crippen LogP contribution in [-0.2, 0) is 4.74 Å². The molecule has 2 N–H and O–H groups in total. The Labute approximate surface area is 104 Å². The number of anilines is 1. The summed E-state index contributed by atoms with van der Waals surface area (Å²) in [5.41, 5.74) is 0.270. The third-order valence-corrected chi connectivity index (χ3v) is 2.15. The van der Waals surface area contributed by atoms with E-state index in [0.717, 1.165) is 0 Å². The lowest BCUT2D eigenvalue weighted by molar-refractivity contribution is -0.384. The van der Waals surface area contributed by atoms with E-state index in [2.05, 4.69) is 5.32 Å². The minimum Gasteiger partial charge on any atom is -0.491 e. The Balaban J connectivity index is 2.78. The Bertz CT molecular complexity index is 397. The largest absolute Gasteiger partial charge is 0.491 e. The number of hydrogen-bond donors (Lipinski definition) is 2. The molecule has 0 atom stereocenters. The summed E-state index contributed by atoms with van der Waals surface area (Å²) < 4.78 is 10.1. The number of ether oxygens (including phenoxy) is 2. The quantitative estimate of drug-likeness (QED) is 0.410. The second-order valence-electron chi connectivity index (χ2n) is 3.43. The molecule has 0 spiro atoms. The number of methoxy groups -OCH3 is 1. The highest BCUT2D eigenvalue weighted by Gasteiger charge is 2.14. The van der Waals surface area contributed by atoms with Gasteiger partial charge in [0.1, 0.15) is 18.0 Å². The number of aliphatic hydroxyl groups is 1. The van der Waals surface area contributed by atoms with Crippen LogP contribution in [0.25, 0.3) is 0 Å². The summed E-state index contributed by atoms with van der Waals surface area (Å²) in [5.74, 6) is 0.410. The van der Waals surface area contributed by atoms with Crippen LogP contribution in [0.5, 0.6) is 5.75 Å². The number of rotatable bonds is 8. The number of nitrogens with zero attached hydrogens (tertiary/aromatic N) is 1. The maximum atomic E-state index is 10.9. The minimum absolute atomic E-state index is 0.0848. The Morgan fingerprint density at radius 3 is 2.83 bits per heavy atom. The predicted octanol–water partition coefficient (Wildman–Crippen LogP) is 1.02. The van der Waals surface area contributed by atoms with Crippen molar-refractivity contribution in [3.8, 4) is 5.75 Å². The zero-order valence-corrected chi connectivity index (χ0v) is 10.1. The van der Waals surface area contributed by atoms with E-state index in [4.69, 9.17) is 14.6 Å². The van der Waals surface area contributed by atoms with Gasteiger partial charge in [-0.3, -0.25) is 10.1 Å². The van der Waals surface area contributed by atoms with Crippen LogP contribution >= 0.6 is 0 Å². The molecule has 0 saturated heterocycles. The van der Waals surface area contributed by atoms with Crippen molar-refractivity contribution in [1.29, 1.82) is 0 Å². The monoisotopic (exact) mass is 256 g/mol. The normalized spacial score (nSPS) is 10.1. The highest BCUT2D eigenvalue weighted by atomic mass is 16.6. The summed E-state index contributed by atoms with van der Waals surface area (Å²) in [5, 5.41) is 22.3. The van der Waals surface area contributed by atoms with Crippen LogP contribution in [-0.4, -0.2) is 43.5 Å². The molecule has 1 aromatic rings. The van der Waals surface area contributed by atoms with Gasteiger partial charge >= 0.3 is 0 Å². The number of hydrogen-bond acceptors (Lipinski definition) is 6. The molecule has 0 aliphatic rings. The number of nitrogens with one attached hydrogen (secondary N) is 1. The smallest absolute Gasteiger partial charge is 0.296 e. The van der Waals surface area contributed by atoms with E-state index in [9.17, 15) is 10.1 Å². The van der Waals surface area contributed by atoms with E-state index in [-0.39, 0.29) is 18.8 Å². The van der Waals surface area contributed by atoms with Crippen LogP contribution in [0.2, 0.25) is 0 Å². The first-order valence-electron chi connectivity index (χ1n) is 5.44. The fourth-order valence-electron chi connectivity index (χ4n) is 1.34. The lowest BCUT2D eigenvalue weighted by Crippen LogP contribution is -2.08. The molecule has 0 aromatic heterocycles. The van der Waals surface area contributed by atoms with Crippen LogP contribution in [0.4, 0.5) is 11.4 Å². The Morgan fingerprint density at radius 1 is 1.44 bits per heavy atom. The van der Waals surface area contributed by atoms with Crippen LogP contribution in [0.3, 0.4) is 0 Å². The van der Waals surface area contributed by atoms with Crippen LogP contribution in [0.1, 0.15) is 0 Å². The molecule has 0 bridgehead atoms. The van der Waals surface area contributed by atoms with Crippen molar-refractivity contribution in [2.75, 3.05) is 38.8 Å². The Hall–Kier alpha value is -1.86. The second kappa shape index (κ2) is 7.46. The second-order valence-corrected chi connectivity index (χ2v) is 3.43. The van der Waals surface area contributed by atoms with E-state index in [1.165, 1.54) is 6.07 Å². The molecule has 0 aliphatic carbocycles. The van der Waals surface area contributed by atoms with Crippen LogP contribution in [0, 0.1) is 10.1 Å². The van der Waals surface area contributed by atoms with E-state index in [0.29, 0.717) is 24.7 Å². The predicted molar refractivity (Wildman–Crippen MR) is 66.0 cm³/mol. The molecular formula is C11H16N2O5. The van der Waals surface area contributed by atoms with Gasteiger partial charge in [-0.1, -0.05) is 0 Å². The molecule has 7 nitrogen and oxygen atoms in total. The van der Waals surface area contributed by atoms with Gasteiger partial charge in [0.2, 0.25) is 0 Å². The van der Waals surface area contributed by atoms with Crippen molar-refractivity contribution in [2.24, 2.45) is 0 Å². The summed E-state index contributed by atoms with van der Waals surface area (Å²) >= 11 is 0. The Kier molecular flexibility index (Phi) is 5.89. The van der Waals surface area contributed by atoms with Gasteiger partial charge in [-0.25, -0.2) is 0 Å². The molecule has 7 heteroatoms. The SMILES string of the molecule is COCCOc1ccc(NCCO)c([N+](=O)[O-])c1. The highest BCUT2D eigenvalue weighted by molar-refractivity contribution is 5.63. The average Bonchev–Trinajstić information content (AvgIpc) is 2.37. The van der Waals surface area contributed by atoms with Crippen LogP contribution < -0.4 is 10.1 Å². The first kappa shape index (κ1) is 14.2. The fourth-order valence-corrected chi connectivity index (χ4v) is 1.34. The van der Waals surface area contributed by atoms with Gasteiger partial charge in [0.25, 0.3) is 5.69 Å². The van der Waals surface area contributed by atoms with Gasteiger partial charge in [-0.2, -0.15) is 0 Å². The summed E-state index contributed by atoms with van der Waals surface area (Å²) in [6.45, 7) is 0.906. The minimum atomic E-state index is -0.497. The lowest BCUT2D eigenvalue weighted by Gasteiger charge is -2.08. The number of nitro groups is 1. The molecule has 18 heavy (non-hydrogen) atoms. The first-order valence-corrected chi connectivity index (χ1v) is 5.44. The van der Waals surface area contributed by atoms with Crippen molar-refractivity contribution in [2.45, 2.75) is 0 Å². The first-order chi connectivity index (χ1) is 8.69. The van der Waals surface area contributed by atoms with Crippen molar-refractivity contribution < 1.29 is 19.5 Å². The highest BCUT2D eigenvalue weighted by Crippen LogP contribution is 2.28. The molecule has 0 fully saturated rings. The third-order valence-electron chi connectivity index (χ3n) is 2.15. The van der Waals surface area contributed by atoms with Crippen molar-refractivity contribution in [3.63, 3.8) is 0 Å². The summed E-state index contributed by atoms with van der Waals surface area (Å²) in [4.78, 5) is 10.4. The topological polar surface area (TPSA) is 93.9 Å².